The Bertz CT molecular complexity index is 689. The van der Waals surface area contributed by atoms with Crippen LogP contribution in [-0.4, -0.2) is 16.7 Å². The topological polar surface area (TPSA) is 72.2 Å². The van der Waals surface area contributed by atoms with Gasteiger partial charge < -0.3 is 11.1 Å². The summed E-state index contributed by atoms with van der Waals surface area (Å²) >= 11 is 0. The SMILES string of the molecule is NCCCCCCC(=O)Nc1cccc(CS(=O)c2ccccc2)c1. The minimum absolute atomic E-state index is 0.0223. The summed E-state index contributed by atoms with van der Waals surface area (Å²) in [5.74, 6) is 0.460. The number of carbonyl (C=O) groups is 1. The Morgan fingerprint density at radius 2 is 1.72 bits per heavy atom. The van der Waals surface area contributed by atoms with Crippen LogP contribution in [0, 0.1) is 0 Å². The molecule has 2 aromatic carbocycles. The number of hydrogen-bond donors (Lipinski definition) is 2. The summed E-state index contributed by atoms with van der Waals surface area (Å²) in [6.45, 7) is 0.712. The van der Waals surface area contributed by atoms with Crippen LogP contribution in [0.1, 0.15) is 37.7 Å². The van der Waals surface area contributed by atoms with Gasteiger partial charge in [0.05, 0.1) is 16.6 Å². The van der Waals surface area contributed by atoms with Gasteiger partial charge in [-0.05, 0) is 49.2 Å². The Kier molecular flexibility index (Phi) is 8.35. The summed E-state index contributed by atoms with van der Waals surface area (Å²) in [6, 6.07) is 17.0. The molecule has 0 aromatic heterocycles. The van der Waals surface area contributed by atoms with Gasteiger partial charge in [-0.25, -0.2) is 0 Å². The molecule has 0 spiro atoms. The van der Waals surface area contributed by atoms with Crippen LogP contribution in [0.4, 0.5) is 5.69 Å². The second-order valence-electron chi connectivity index (χ2n) is 6.00. The van der Waals surface area contributed by atoms with E-state index in [1.54, 1.807) is 0 Å². The first-order valence-electron chi connectivity index (χ1n) is 8.71. The normalized spacial score (nSPS) is 11.9. The molecule has 134 valence electrons. The molecular formula is C20H26N2O2S. The first-order chi connectivity index (χ1) is 12.2. The Morgan fingerprint density at radius 3 is 2.48 bits per heavy atom. The molecular weight excluding hydrogens is 332 g/mol. The molecule has 0 radical (unpaired) electrons. The van der Waals surface area contributed by atoms with Gasteiger partial charge >= 0.3 is 0 Å². The minimum atomic E-state index is -1.09. The number of hydrogen-bond acceptors (Lipinski definition) is 3. The molecule has 1 amide bonds. The monoisotopic (exact) mass is 358 g/mol. The first-order valence-corrected chi connectivity index (χ1v) is 10.0. The van der Waals surface area contributed by atoms with E-state index in [2.05, 4.69) is 5.32 Å². The van der Waals surface area contributed by atoms with Crippen LogP contribution < -0.4 is 11.1 Å². The van der Waals surface area contributed by atoms with Crippen molar-refractivity contribution < 1.29 is 9.00 Å². The third-order valence-electron chi connectivity index (χ3n) is 3.87. The van der Waals surface area contributed by atoms with Crippen molar-refractivity contribution in [3.05, 3.63) is 60.2 Å². The molecule has 0 saturated heterocycles. The molecule has 0 aliphatic carbocycles. The highest BCUT2D eigenvalue weighted by Crippen LogP contribution is 2.16. The van der Waals surface area contributed by atoms with E-state index >= 15 is 0 Å². The smallest absolute Gasteiger partial charge is 0.224 e. The highest BCUT2D eigenvalue weighted by molar-refractivity contribution is 7.84. The maximum atomic E-state index is 12.4. The standard InChI is InChI=1S/C20H26N2O2S/c21-14-7-2-1-6-13-20(23)22-18-10-8-9-17(15-18)16-25(24)19-11-4-3-5-12-19/h3-5,8-12,15H,1-2,6-7,13-14,16,21H2,(H,22,23). The number of rotatable bonds is 10. The van der Waals surface area contributed by atoms with Crippen LogP contribution in [0.2, 0.25) is 0 Å². The molecule has 0 aliphatic heterocycles. The summed E-state index contributed by atoms with van der Waals surface area (Å²) in [5, 5.41) is 2.92. The van der Waals surface area contributed by atoms with Gasteiger partial charge in [0.25, 0.3) is 0 Å². The maximum absolute atomic E-state index is 12.4. The van der Waals surface area contributed by atoms with Gasteiger partial charge in [-0.2, -0.15) is 0 Å². The fraction of sp³-hybridized carbons (Fsp3) is 0.350. The predicted octanol–water partition coefficient (Wildman–Crippen LogP) is 3.84. The number of nitrogens with one attached hydrogen (secondary N) is 1. The third-order valence-corrected chi connectivity index (χ3v) is 5.27. The highest BCUT2D eigenvalue weighted by Gasteiger charge is 2.07. The van der Waals surface area contributed by atoms with Crippen molar-refractivity contribution in [3.63, 3.8) is 0 Å². The van der Waals surface area contributed by atoms with E-state index in [-0.39, 0.29) is 5.91 Å². The van der Waals surface area contributed by atoms with Crippen molar-refractivity contribution in [1.29, 1.82) is 0 Å². The van der Waals surface area contributed by atoms with Crippen molar-refractivity contribution in [1.82, 2.24) is 0 Å². The van der Waals surface area contributed by atoms with Crippen molar-refractivity contribution in [2.24, 2.45) is 5.73 Å². The van der Waals surface area contributed by atoms with Gasteiger partial charge in [-0.15, -0.1) is 0 Å². The zero-order valence-electron chi connectivity index (χ0n) is 14.4. The van der Waals surface area contributed by atoms with E-state index in [1.165, 1.54) is 0 Å². The zero-order chi connectivity index (χ0) is 17.9. The molecule has 4 nitrogen and oxygen atoms in total. The van der Waals surface area contributed by atoms with E-state index in [4.69, 9.17) is 5.73 Å². The summed E-state index contributed by atoms with van der Waals surface area (Å²) < 4.78 is 12.4. The number of unbranched alkanes of at least 4 members (excludes halogenated alkanes) is 3. The molecule has 0 saturated carbocycles. The molecule has 0 heterocycles. The van der Waals surface area contributed by atoms with Gasteiger partial charge in [0.15, 0.2) is 0 Å². The molecule has 0 fully saturated rings. The molecule has 25 heavy (non-hydrogen) atoms. The molecule has 0 aliphatic rings. The molecule has 5 heteroatoms. The molecule has 2 rings (SSSR count). The van der Waals surface area contributed by atoms with Crippen molar-refractivity contribution >= 4 is 22.4 Å². The lowest BCUT2D eigenvalue weighted by atomic mass is 10.1. The lowest BCUT2D eigenvalue weighted by Gasteiger charge is -2.08. The van der Waals surface area contributed by atoms with Crippen molar-refractivity contribution in [2.75, 3.05) is 11.9 Å². The predicted molar refractivity (Wildman–Crippen MR) is 104 cm³/mol. The Labute approximate surface area is 152 Å². The average molecular weight is 359 g/mol. The van der Waals surface area contributed by atoms with Crippen LogP contribution >= 0.6 is 0 Å². The van der Waals surface area contributed by atoms with E-state index in [0.29, 0.717) is 18.7 Å². The number of benzene rings is 2. The molecule has 2 aromatic rings. The van der Waals surface area contributed by atoms with Crippen LogP contribution in [0.15, 0.2) is 59.5 Å². The largest absolute Gasteiger partial charge is 0.330 e. The Balaban J connectivity index is 1.84. The fourth-order valence-corrected chi connectivity index (χ4v) is 3.66. The number of amides is 1. The van der Waals surface area contributed by atoms with Gasteiger partial charge in [-0.3, -0.25) is 9.00 Å². The second kappa shape index (κ2) is 10.8. The molecule has 3 N–H and O–H groups in total. The van der Waals surface area contributed by atoms with Crippen LogP contribution in [0.5, 0.6) is 0 Å². The third kappa shape index (κ3) is 7.20. The molecule has 1 atom stereocenters. The lowest BCUT2D eigenvalue weighted by Crippen LogP contribution is -2.11. The quantitative estimate of drug-likeness (QED) is 0.634. The first kappa shape index (κ1) is 19.3. The van der Waals surface area contributed by atoms with Gasteiger partial charge in [-0.1, -0.05) is 43.2 Å². The van der Waals surface area contributed by atoms with Gasteiger partial charge in [0.1, 0.15) is 0 Å². The number of nitrogens with two attached hydrogens (primary N) is 1. The lowest BCUT2D eigenvalue weighted by molar-refractivity contribution is -0.116. The Hall–Kier alpha value is -1.98. The van der Waals surface area contributed by atoms with E-state index in [0.717, 1.165) is 41.8 Å². The Morgan fingerprint density at radius 1 is 0.960 bits per heavy atom. The van der Waals surface area contributed by atoms with Gasteiger partial charge in [0, 0.05) is 17.0 Å². The highest BCUT2D eigenvalue weighted by atomic mass is 32.2. The minimum Gasteiger partial charge on any atom is -0.330 e. The van der Waals surface area contributed by atoms with E-state index in [1.807, 2.05) is 54.6 Å². The summed E-state index contributed by atoms with van der Waals surface area (Å²) in [7, 11) is -1.09. The van der Waals surface area contributed by atoms with Crippen LogP contribution in [-0.2, 0) is 21.3 Å². The second-order valence-corrected chi connectivity index (χ2v) is 7.46. The van der Waals surface area contributed by atoms with E-state index in [9.17, 15) is 9.00 Å². The number of carbonyl (C=O) groups excluding carboxylic acids is 1. The van der Waals surface area contributed by atoms with Crippen LogP contribution in [0.3, 0.4) is 0 Å². The maximum Gasteiger partial charge on any atom is 0.224 e. The average Bonchev–Trinajstić information content (AvgIpc) is 2.62. The summed E-state index contributed by atoms with van der Waals surface area (Å²) in [6.07, 6.45) is 4.52. The zero-order valence-corrected chi connectivity index (χ0v) is 15.3. The fourth-order valence-electron chi connectivity index (χ4n) is 2.55. The summed E-state index contributed by atoms with van der Waals surface area (Å²) in [4.78, 5) is 12.8. The van der Waals surface area contributed by atoms with Crippen molar-refractivity contribution in [2.45, 2.75) is 42.8 Å². The van der Waals surface area contributed by atoms with Crippen LogP contribution in [0.25, 0.3) is 0 Å². The molecule has 1 unspecified atom stereocenters. The van der Waals surface area contributed by atoms with Crippen molar-refractivity contribution in [3.8, 4) is 0 Å². The number of anilines is 1. The summed E-state index contributed by atoms with van der Waals surface area (Å²) in [5.41, 5.74) is 7.16. The molecule has 0 bridgehead atoms. The van der Waals surface area contributed by atoms with Gasteiger partial charge in [0.2, 0.25) is 5.91 Å². The van der Waals surface area contributed by atoms with E-state index < -0.39 is 10.8 Å².